The Morgan fingerprint density at radius 1 is 1.00 bits per heavy atom. The van der Waals surface area contributed by atoms with Gasteiger partial charge in [-0.2, -0.15) is 0 Å². The van der Waals surface area contributed by atoms with Crippen LogP contribution in [0, 0.1) is 13.8 Å². The van der Waals surface area contributed by atoms with Gasteiger partial charge in [-0.05, 0) is 37.6 Å². The molecule has 0 bridgehead atoms. The lowest BCUT2D eigenvalue weighted by Gasteiger charge is -2.33. The van der Waals surface area contributed by atoms with E-state index in [0.717, 1.165) is 55.4 Å². The summed E-state index contributed by atoms with van der Waals surface area (Å²) in [6, 6.07) is 16.3. The standard InChI is InChI=1S/C26H31N3O2/c1-21-18-25(22(2)29(21)19-24-11-7-17-31-24)26(30)20-28-15-13-27(14-16-28)12-6-10-23-8-4-3-5-9-23/h3-11,17-18H,12-16,19-20H2,1-2H3/b10-6+. The van der Waals surface area contributed by atoms with Crippen molar-refractivity contribution in [1.82, 2.24) is 14.4 Å². The Balaban J connectivity index is 1.28. The number of ketones is 1. The van der Waals surface area contributed by atoms with Gasteiger partial charge in [0.05, 0.1) is 19.4 Å². The highest BCUT2D eigenvalue weighted by molar-refractivity contribution is 5.99. The fourth-order valence-electron chi connectivity index (χ4n) is 4.21. The maximum absolute atomic E-state index is 13.0. The quantitative estimate of drug-likeness (QED) is 0.514. The topological polar surface area (TPSA) is 41.6 Å². The van der Waals surface area contributed by atoms with Gasteiger partial charge in [0.25, 0.3) is 0 Å². The van der Waals surface area contributed by atoms with Crippen LogP contribution in [0.15, 0.2) is 65.3 Å². The molecule has 0 unspecified atom stereocenters. The molecule has 1 aliphatic heterocycles. The molecule has 1 aliphatic rings. The van der Waals surface area contributed by atoms with E-state index in [-0.39, 0.29) is 5.78 Å². The molecule has 3 aromatic rings. The number of aromatic nitrogens is 1. The van der Waals surface area contributed by atoms with Crippen molar-refractivity contribution >= 4 is 11.9 Å². The third-order valence-corrected chi connectivity index (χ3v) is 6.07. The molecule has 1 aromatic carbocycles. The Hall–Kier alpha value is -2.89. The molecule has 2 aromatic heterocycles. The smallest absolute Gasteiger partial charge is 0.178 e. The minimum atomic E-state index is 0.205. The third-order valence-electron chi connectivity index (χ3n) is 6.07. The summed E-state index contributed by atoms with van der Waals surface area (Å²) >= 11 is 0. The Morgan fingerprint density at radius 3 is 2.45 bits per heavy atom. The maximum Gasteiger partial charge on any atom is 0.178 e. The van der Waals surface area contributed by atoms with Gasteiger partial charge in [-0.3, -0.25) is 14.6 Å². The molecule has 1 saturated heterocycles. The summed E-state index contributed by atoms with van der Waals surface area (Å²) in [5.41, 5.74) is 4.17. The summed E-state index contributed by atoms with van der Waals surface area (Å²) in [5.74, 6) is 1.11. The fourth-order valence-corrected chi connectivity index (χ4v) is 4.21. The molecule has 0 saturated carbocycles. The number of carbonyl (C=O) groups is 1. The average molecular weight is 418 g/mol. The van der Waals surface area contributed by atoms with E-state index in [0.29, 0.717) is 13.1 Å². The van der Waals surface area contributed by atoms with Gasteiger partial charge in [0.15, 0.2) is 5.78 Å². The van der Waals surface area contributed by atoms with E-state index in [4.69, 9.17) is 4.42 Å². The zero-order chi connectivity index (χ0) is 21.6. The molecule has 1 fully saturated rings. The van der Waals surface area contributed by atoms with Crippen LogP contribution in [0.4, 0.5) is 0 Å². The number of rotatable bonds is 8. The molecule has 0 aliphatic carbocycles. The van der Waals surface area contributed by atoms with E-state index in [1.807, 2.05) is 31.2 Å². The lowest BCUT2D eigenvalue weighted by Crippen LogP contribution is -2.47. The van der Waals surface area contributed by atoms with Crippen molar-refractivity contribution in [2.24, 2.45) is 0 Å². The number of nitrogens with zero attached hydrogens (tertiary/aromatic N) is 3. The molecule has 0 atom stereocenters. The van der Waals surface area contributed by atoms with Crippen LogP contribution in [0.25, 0.3) is 6.08 Å². The Bertz CT molecular complexity index is 1010. The van der Waals surface area contributed by atoms with E-state index >= 15 is 0 Å². The molecule has 4 rings (SSSR count). The fraction of sp³-hybridized carbons (Fsp3) is 0.346. The SMILES string of the molecule is Cc1cc(C(=O)CN2CCN(C/C=C/c3ccccc3)CC2)c(C)n1Cc1ccco1. The highest BCUT2D eigenvalue weighted by Gasteiger charge is 2.22. The van der Waals surface area contributed by atoms with Crippen molar-refractivity contribution in [3.63, 3.8) is 0 Å². The second kappa shape index (κ2) is 9.94. The predicted molar refractivity (Wildman–Crippen MR) is 124 cm³/mol. The largest absolute Gasteiger partial charge is 0.467 e. The van der Waals surface area contributed by atoms with Crippen molar-refractivity contribution in [2.75, 3.05) is 39.3 Å². The second-order valence-corrected chi connectivity index (χ2v) is 8.26. The predicted octanol–water partition coefficient (Wildman–Crippen LogP) is 4.26. The summed E-state index contributed by atoms with van der Waals surface area (Å²) in [7, 11) is 0. The van der Waals surface area contributed by atoms with Gasteiger partial charge in [0.2, 0.25) is 0 Å². The molecule has 31 heavy (non-hydrogen) atoms. The first-order valence-corrected chi connectivity index (χ1v) is 11.0. The Kier molecular flexibility index (Phi) is 6.85. The first-order chi connectivity index (χ1) is 15.1. The van der Waals surface area contributed by atoms with Gasteiger partial charge < -0.3 is 8.98 Å². The van der Waals surface area contributed by atoms with Gasteiger partial charge in [-0.1, -0.05) is 42.5 Å². The molecule has 5 nitrogen and oxygen atoms in total. The van der Waals surface area contributed by atoms with Crippen molar-refractivity contribution in [2.45, 2.75) is 20.4 Å². The number of hydrogen-bond acceptors (Lipinski definition) is 4. The second-order valence-electron chi connectivity index (χ2n) is 8.26. The van der Waals surface area contributed by atoms with Crippen LogP contribution in [0.5, 0.6) is 0 Å². The number of aryl methyl sites for hydroxylation is 1. The zero-order valence-corrected chi connectivity index (χ0v) is 18.5. The highest BCUT2D eigenvalue weighted by atomic mass is 16.3. The van der Waals surface area contributed by atoms with E-state index in [9.17, 15) is 4.79 Å². The summed E-state index contributed by atoms with van der Waals surface area (Å²) in [5, 5.41) is 0. The van der Waals surface area contributed by atoms with Crippen molar-refractivity contribution in [3.05, 3.63) is 89.1 Å². The Morgan fingerprint density at radius 2 is 1.74 bits per heavy atom. The number of carbonyl (C=O) groups excluding carboxylic acids is 1. The van der Waals surface area contributed by atoms with Gasteiger partial charge in [0, 0.05) is 49.7 Å². The first-order valence-electron chi connectivity index (χ1n) is 11.0. The average Bonchev–Trinajstić information content (AvgIpc) is 3.39. The maximum atomic E-state index is 13.0. The molecular formula is C26H31N3O2. The summed E-state index contributed by atoms with van der Waals surface area (Å²) in [6.45, 7) is 10.0. The van der Waals surface area contributed by atoms with Crippen LogP contribution >= 0.6 is 0 Å². The number of Topliss-reactive ketones (excluding diaryl/α,β-unsaturated/α-hetero) is 1. The molecule has 3 heterocycles. The van der Waals surface area contributed by atoms with E-state index in [1.54, 1.807) is 6.26 Å². The molecule has 5 heteroatoms. The molecule has 0 N–H and O–H groups in total. The lowest BCUT2D eigenvalue weighted by molar-refractivity contribution is 0.0864. The zero-order valence-electron chi connectivity index (χ0n) is 18.5. The minimum absolute atomic E-state index is 0.205. The molecule has 0 radical (unpaired) electrons. The number of piperazine rings is 1. The summed E-state index contributed by atoms with van der Waals surface area (Å²) in [4.78, 5) is 17.7. The van der Waals surface area contributed by atoms with Crippen LogP contribution in [0.2, 0.25) is 0 Å². The van der Waals surface area contributed by atoms with Gasteiger partial charge in [-0.25, -0.2) is 0 Å². The van der Waals surface area contributed by atoms with Crippen molar-refractivity contribution in [1.29, 1.82) is 0 Å². The number of benzene rings is 1. The van der Waals surface area contributed by atoms with Crippen LogP contribution in [-0.4, -0.2) is 59.4 Å². The molecule has 0 amide bonds. The van der Waals surface area contributed by atoms with E-state index in [2.05, 4.69) is 57.7 Å². The Labute approximate surface area is 184 Å². The van der Waals surface area contributed by atoms with Crippen LogP contribution in [0.1, 0.15) is 33.1 Å². The monoisotopic (exact) mass is 417 g/mol. The highest BCUT2D eigenvalue weighted by Crippen LogP contribution is 2.19. The molecular weight excluding hydrogens is 386 g/mol. The van der Waals surface area contributed by atoms with Crippen LogP contribution < -0.4 is 0 Å². The molecule has 162 valence electrons. The van der Waals surface area contributed by atoms with Gasteiger partial charge >= 0.3 is 0 Å². The summed E-state index contributed by atoms with van der Waals surface area (Å²) in [6.07, 6.45) is 6.09. The first kappa shape index (κ1) is 21.3. The molecule has 0 spiro atoms. The van der Waals surface area contributed by atoms with E-state index in [1.165, 1.54) is 5.56 Å². The van der Waals surface area contributed by atoms with Gasteiger partial charge in [0.1, 0.15) is 5.76 Å². The van der Waals surface area contributed by atoms with Gasteiger partial charge in [-0.15, -0.1) is 0 Å². The van der Waals surface area contributed by atoms with Crippen LogP contribution in [-0.2, 0) is 6.54 Å². The number of furan rings is 1. The lowest BCUT2D eigenvalue weighted by atomic mass is 10.1. The minimum Gasteiger partial charge on any atom is -0.467 e. The third kappa shape index (κ3) is 5.43. The summed E-state index contributed by atoms with van der Waals surface area (Å²) < 4.78 is 7.63. The van der Waals surface area contributed by atoms with Crippen LogP contribution in [0.3, 0.4) is 0 Å². The van der Waals surface area contributed by atoms with E-state index < -0.39 is 0 Å². The normalized spacial score (nSPS) is 15.7. The van der Waals surface area contributed by atoms with Crippen molar-refractivity contribution in [3.8, 4) is 0 Å². The number of hydrogen-bond donors (Lipinski definition) is 0. The van der Waals surface area contributed by atoms with Crippen molar-refractivity contribution < 1.29 is 9.21 Å².